The molecule has 0 N–H and O–H groups in total. The van der Waals surface area contributed by atoms with Crippen molar-refractivity contribution in [3.05, 3.63) is 73.1 Å². The summed E-state index contributed by atoms with van der Waals surface area (Å²) in [4.78, 5) is 8.49. The van der Waals surface area contributed by atoms with E-state index in [4.69, 9.17) is 9.31 Å². The number of fused-ring (bicyclic) bond motifs is 2. The van der Waals surface area contributed by atoms with Crippen LogP contribution in [0.1, 0.15) is 0 Å². The van der Waals surface area contributed by atoms with Crippen LogP contribution in [0.25, 0.3) is 21.5 Å². The molecule has 0 aliphatic heterocycles. The smallest absolute Gasteiger partial charge is 0.512 e. The van der Waals surface area contributed by atoms with Crippen LogP contribution in [-0.2, 0) is 0 Å². The minimum atomic E-state index is 0.503. The number of benzene rings is 2. The van der Waals surface area contributed by atoms with E-state index in [1.165, 1.54) is 7.69 Å². The molecule has 1 radical (unpaired) electrons. The number of aromatic nitrogens is 2. The maximum Gasteiger partial charge on any atom is 0.660 e. The Kier molecular flexibility index (Phi) is 3.52. The average molecular weight is 299 g/mol. The monoisotopic (exact) mass is 299 g/mol. The van der Waals surface area contributed by atoms with Gasteiger partial charge in [-0.15, -0.1) is 0 Å². The van der Waals surface area contributed by atoms with Crippen LogP contribution in [-0.4, -0.2) is 17.7 Å². The molecule has 0 fully saturated rings. The highest BCUT2D eigenvalue weighted by molar-refractivity contribution is 6.21. The van der Waals surface area contributed by atoms with Gasteiger partial charge in [0, 0.05) is 23.2 Å². The predicted molar refractivity (Wildman–Crippen MR) is 90.5 cm³/mol. The SMILES string of the molecule is [B](Oc1nccc2ccccc12)Oc1nccc2ccccc12. The minimum absolute atomic E-state index is 0.503. The Labute approximate surface area is 134 Å². The van der Waals surface area contributed by atoms with Crippen molar-refractivity contribution in [3.63, 3.8) is 0 Å². The van der Waals surface area contributed by atoms with E-state index in [1.807, 2.05) is 60.7 Å². The molecular weight excluding hydrogens is 287 g/mol. The Hall–Kier alpha value is -3.08. The summed E-state index contributed by atoms with van der Waals surface area (Å²) in [5.74, 6) is 1.01. The molecule has 4 rings (SSSR count). The standard InChI is InChI=1S/C18H12BN2O2/c1-3-7-15-13(5-1)9-11-20-17(15)22-19-23-18-16-8-4-2-6-14(16)10-12-21-18/h1-12H. The van der Waals surface area contributed by atoms with Crippen LogP contribution < -0.4 is 9.31 Å². The van der Waals surface area contributed by atoms with Gasteiger partial charge in [-0.2, -0.15) is 0 Å². The van der Waals surface area contributed by atoms with Gasteiger partial charge in [0.1, 0.15) is 0 Å². The van der Waals surface area contributed by atoms with E-state index in [2.05, 4.69) is 9.97 Å². The maximum absolute atomic E-state index is 5.57. The van der Waals surface area contributed by atoms with Crippen molar-refractivity contribution in [2.45, 2.75) is 0 Å². The normalized spacial score (nSPS) is 10.6. The first-order valence-corrected chi connectivity index (χ1v) is 7.24. The second-order valence-corrected chi connectivity index (χ2v) is 5.01. The second-order valence-electron chi connectivity index (χ2n) is 5.01. The zero-order chi connectivity index (χ0) is 15.5. The van der Waals surface area contributed by atoms with Gasteiger partial charge in [-0.1, -0.05) is 36.4 Å². The number of pyridine rings is 2. The number of nitrogens with zero attached hydrogens (tertiary/aromatic N) is 2. The second kappa shape index (κ2) is 5.97. The van der Waals surface area contributed by atoms with Crippen LogP contribution in [0.2, 0.25) is 0 Å². The first kappa shape index (κ1) is 13.6. The Morgan fingerprint density at radius 1 is 0.609 bits per heavy atom. The molecule has 0 aliphatic rings. The molecule has 0 atom stereocenters. The van der Waals surface area contributed by atoms with E-state index in [0.29, 0.717) is 11.8 Å². The third-order valence-corrected chi connectivity index (χ3v) is 3.59. The van der Waals surface area contributed by atoms with E-state index >= 15 is 0 Å². The van der Waals surface area contributed by atoms with Crippen LogP contribution in [0.5, 0.6) is 11.8 Å². The van der Waals surface area contributed by atoms with Gasteiger partial charge in [0.15, 0.2) is 0 Å². The molecule has 0 unspecified atom stereocenters. The van der Waals surface area contributed by atoms with Crippen molar-refractivity contribution in [2.24, 2.45) is 0 Å². The summed E-state index contributed by atoms with van der Waals surface area (Å²) >= 11 is 0. The molecule has 23 heavy (non-hydrogen) atoms. The zero-order valence-electron chi connectivity index (χ0n) is 12.2. The number of hydrogen-bond acceptors (Lipinski definition) is 4. The molecule has 0 amide bonds. The quantitative estimate of drug-likeness (QED) is 0.538. The lowest BCUT2D eigenvalue weighted by Crippen LogP contribution is -2.13. The molecular formula is C18H12BN2O2. The van der Waals surface area contributed by atoms with Crippen LogP contribution in [0, 0.1) is 0 Å². The molecule has 109 valence electrons. The van der Waals surface area contributed by atoms with Gasteiger partial charge in [-0.3, -0.25) is 0 Å². The lowest BCUT2D eigenvalue weighted by molar-refractivity contribution is 0.445. The van der Waals surface area contributed by atoms with Crippen LogP contribution >= 0.6 is 0 Å². The third-order valence-electron chi connectivity index (χ3n) is 3.59. The molecule has 0 aliphatic carbocycles. The van der Waals surface area contributed by atoms with Crippen molar-refractivity contribution in [2.75, 3.05) is 0 Å². The first-order valence-electron chi connectivity index (χ1n) is 7.24. The van der Waals surface area contributed by atoms with Crippen LogP contribution in [0.15, 0.2) is 73.1 Å². The van der Waals surface area contributed by atoms with Crippen molar-refractivity contribution in [3.8, 4) is 11.8 Å². The summed E-state index contributed by atoms with van der Waals surface area (Å²) in [5, 5.41) is 3.99. The van der Waals surface area contributed by atoms with Gasteiger partial charge in [0.2, 0.25) is 11.8 Å². The van der Waals surface area contributed by atoms with Crippen LogP contribution in [0.3, 0.4) is 0 Å². The van der Waals surface area contributed by atoms with Gasteiger partial charge < -0.3 is 9.31 Å². The Balaban J connectivity index is 1.55. The molecule has 4 aromatic rings. The lowest BCUT2D eigenvalue weighted by Gasteiger charge is -2.09. The highest BCUT2D eigenvalue weighted by atomic mass is 16.6. The summed E-state index contributed by atoms with van der Waals surface area (Å²) in [6.07, 6.45) is 3.42. The minimum Gasteiger partial charge on any atom is -0.512 e. The van der Waals surface area contributed by atoms with E-state index < -0.39 is 0 Å². The Bertz CT molecular complexity index is 885. The van der Waals surface area contributed by atoms with Crippen molar-refractivity contribution in [1.82, 2.24) is 9.97 Å². The van der Waals surface area contributed by atoms with Crippen LogP contribution in [0.4, 0.5) is 0 Å². The topological polar surface area (TPSA) is 44.2 Å². The fourth-order valence-corrected chi connectivity index (χ4v) is 2.49. The molecule has 5 heteroatoms. The van der Waals surface area contributed by atoms with E-state index in [0.717, 1.165) is 21.5 Å². The largest absolute Gasteiger partial charge is 0.660 e. The Morgan fingerprint density at radius 3 is 1.61 bits per heavy atom. The molecule has 0 saturated heterocycles. The summed E-state index contributed by atoms with van der Waals surface area (Å²) in [6.45, 7) is 0. The summed E-state index contributed by atoms with van der Waals surface area (Å²) in [5.41, 5.74) is 0. The molecule has 2 aromatic carbocycles. The zero-order valence-corrected chi connectivity index (χ0v) is 12.2. The van der Waals surface area contributed by atoms with E-state index in [-0.39, 0.29) is 0 Å². The Morgan fingerprint density at radius 2 is 1.09 bits per heavy atom. The van der Waals surface area contributed by atoms with Gasteiger partial charge in [0.25, 0.3) is 0 Å². The van der Waals surface area contributed by atoms with Gasteiger partial charge in [-0.05, 0) is 35.0 Å². The highest BCUT2D eigenvalue weighted by Gasteiger charge is 2.09. The average Bonchev–Trinajstić information content (AvgIpc) is 2.62. The molecule has 0 saturated carbocycles. The molecule has 4 nitrogen and oxygen atoms in total. The molecule has 2 heterocycles. The van der Waals surface area contributed by atoms with Crippen molar-refractivity contribution in [1.29, 1.82) is 0 Å². The summed E-state index contributed by atoms with van der Waals surface area (Å²) < 4.78 is 11.1. The van der Waals surface area contributed by atoms with Crippen molar-refractivity contribution < 1.29 is 9.31 Å². The summed E-state index contributed by atoms with van der Waals surface area (Å²) in [6, 6.07) is 19.7. The fraction of sp³-hybridized carbons (Fsp3) is 0. The number of rotatable bonds is 4. The lowest BCUT2D eigenvalue weighted by atomic mass is 10.1. The van der Waals surface area contributed by atoms with E-state index in [9.17, 15) is 0 Å². The maximum atomic E-state index is 5.57. The third kappa shape index (κ3) is 2.69. The number of hydrogen-bond donors (Lipinski definition) is 0. The van der Waals surface area contributed by atoms with E-state index in [1.54, 1.807) is 12.4 Å². The summed E-state index contributed by atoms with van der Waals surface area (Å²) in [7, 11) is 1.27. The van der Waals surface area contributed by atoms with Gasteiger partial charge >= 0.3 is 7.69 Å². The highest BCUT2D eigenvalue weighted by Crippen LogP contribution is 2.24. The molecule has 0 bridgehead atoms. The van der Waals surface area contributed by atoms with Gasteiger partial charge in [0.05, 0.1) is 0 Å². The predicted octanol–water partition coefficient (Wildman–Crippen LogP) is 3.78. The first-order chi connectivity index (χ1) is 11.4. The fourth-order valence-electron chi connectivity index (χ4n) is 2.49. The molecule has 2 aromatic heterocycles. The van der Waals surface area contributed by atoms with Gasteiger partial charge in [-0.25, -0.2) is 9.97 Å². The molecule has 0 spiro atoms. The van der Waals surface area contributed by atoms with Crippen molar-refractivity contribution >= 4 is 29.2 Å².